The fraction of sp³-hybridized carbons (Fsp3) is 0.643. The topological polar surface area (TPSA) is 24.9 Å². The molecule has 1 aromatic rings. The molecule has 0 fully saturated rings. The van der Waals surface area contributed by atoms with Crippen molar-refractivity contribution in [2.24, 2.45) is 0 Å². The second kappa shape index (κ2) is 8.28. The summed E-state index contributed by atoms with van der Waals surface area (Å²) >= 11 is 0. The standard InChI is InChI=1S/C14H24N2/c1-3-4-5-6-7-14(15-2)12-13-8-10-16-11-9-13/h8-11,14-15H,3-7,12H2,1-2H3. The number of nitrogens with one attached hydrogen (secondary N) is 1. The van der Waals surface area contributed by atoms with Gasteiger partial charge in [0.15, 0.2) is 0 Å². The summed E-state index contributed by atoms with van der Waals surface area (Å²) in [6.07, 6.45) is 11.5. The van der Waals surface area contributed by atoms with E-state index in [0.29, 0.717) is 6.04 Å². The third kappa shape index (κ3) is 5.26. The first-order valence-corrected chi connectivity index (χ1v) is 6.43. The molecule has 2 nitrogen and oxygen atoms in total. The summed E-state index contributed by atoms with van der Waals surface area (Å²) in [7, 11) is 2.06. The van der Waals surface area contributed by atoms with Crippen LogP contribution >= 0.6 is 0 Å². The van der Waals surface area contributed by atoms with Crippen molar-refractivity contribution in [1.29, 1.82) is 0 Å². The average Bonchev–Trinajstić information content (AvgIpc) is 2.34. The van der Waals surface area contributed by atoms with Crippen molar-refractivity contribution in [3.05, 3.63) is 30.1 Å². The van der Waals surface area contributed by atoms with E-state index in [4.69, 9.17) is 0 Å². The molecule has 1 heterocycles. The third-order valence-electron chi connectivity index (χ3n) is 3.05. The Labute approximate surface area is 99.5 Å². The molecule has 1 aromatic heterocycles. The Morgan fingerprint density at radius 3 is 2.56 bits per heavy atom. The van der Waals surface area contributed by atoms with Gasteiger partial charge in [0.1, 0.15) is 0 Å². The van der Waals surface area contributed by atoms with Crippen LogP contribution in [0, 0.1) is 0 Å². The molecule has 1 rings (SSSR count). The smallest absolute Gasteiger partial charge is 0.0270 e. The lowest BCUT2D eigenvalue weighted by Crippen LogP contribution is -2.27. The van der Waals surface area contributed by atoms with E-state index in [1.807, 2.05) is 12.4 Å². The Morgan fingerprint density at radius 2 is 1.94 bits per heavy atom. The van der Waals surface area contributed by atoms with E-state index in [0.717, 1.165) is 6.42 Å². The second-order valence-electron chi connectivity index (χ2n) is 4.39. The third-order valence-corrected chi connectivity index (χ3v) is 3.05. The molecule has 0 saturated carbocycles. The molecule has 16 heavy (non-hydrogen) atoms. The van der Waals surface area contributed by atoms with E-state index in [1.54, 1.807) is 0 Å². The Bertz CT molecular complexity index is 259. The molecule has 1 N–H and O–H groups in total. The summed E-state index contributed by atoms with van der Waals surface area (Å²) in [5.74, 6) is 0. The maximum atomic E-state index is 4.04. The first-order valence-electron chi connectivity index (χ1n) is 6.43. The molecular formula is C14H24N2. The van der Waals surface area contributed by atoms with Gasteiger partial charge in [-0.15, -0.1) is 0 Å². The quantitative estimate of drug-likeness (QED) is 0.681. The van der Waals surface area contributed by atoms with Gasteiger partial charge < -0.3 is 5.32 Å². The molecule has 0 saturated heterocycles. The largest absolute Gasteiger partial charge is 0.317 e. The van der Waals surface area contributed by atoms with Gasteiger partial charge in [-0.3, -0.25) is 4.98 Å². The van der Waals surface area contributed by atoms with Crippen LogP contribution in [0.25, 0.3) is 0 Å². The molecule has 1 unspecified atom stereocenters. The number of rotatable bonds is 8. The van der Waals surface area contributed by atoms with E-state index in [1.165, 1.54) is 37.7 Å². The van der Waals surface area contributed by atoms with Crippen molar-refractivity contribution in [2.45, 2.75) is 51.5 Å². The van der Waals surface area contributed by atoms with Gasteiger partial charge in [0.2, 0.25) is 0 Å². The predicted octanol–water partition coefficient (Wildman–Crippen LogP) is 3.18. The fourth-order valence-corrected chi connectivity index (χ4v) is 1.97. The predicted molar refractivity (Wildman–Crippen MR) is 69.5 cm³/mol. The highest BCUT2D eigenvalue weighted by atomic mass is 14.9. The van der Waals surface area contributed by atoms with Gasteiger partial charge in [-0.05, 0) is 37.6 Å². The van der Waals surface area contributed by atoms with Crippen molar-refractivity contribution in [3.63, 3.8) is 0 Å². The van der Waals surface area contributed by atoms with E-state index in [2.05, 4.69) is 36.4 Å². The van der Waals surface area contributed by atoms with Gasteiger partial charge in [0.25, 0.3) is 0 Å². The molecule has 0 aliphatic heterocycles. The SMILES string of the molecule is CCCCCCC(Cc1ccncc1)NC. The zero-order valence-electron chi connectivity index (χ0n) is 10.6. The van der Waals surface area contributed by atoms with Gasteiger partial charge in [-0.25, -0.2) is 0 Å². The average molecular weight is 220 g/mol. The summed E-state index contributed by atoms with van der Waals surface area (Å²) in [6, 6.07) is 4.83. The van der Waals surface area contributed by atoms with Gasteiger partial charge in [-0.1, -0.05) is 32.6 Å². The summed E-state index contributed by atoms with van der Waals surface area (Å²) in [5, 5.41) is 3.41. The van der Waals surface area contributed by atoms with Gasteiger partial charge in [0, 0.05) is 18.4 Å². The number of aromatic nitrogens is 1. The number of hydrogen-bond acceptors (Lipinski definition) is 2. The van der Waals surface area contributed by atoms with Crippen LogP contribution in [0.15, 0.2) is 24.5 Å². The number of nitrogens with zero attached hydrogens (tertiary/aromatic N) is 1. The number of likely N-dealkylation sites (N-methyl/N-ethyl adjacent to an activating group) is 1. The highest BCUT2D eigenvalue weighted by molar-refractivity contribution is 5.11. The minimum Gasteiger partial charge on any atom is -0.317 e. The molecule has 0 aliphatic rings. The minimum atomic E-state index is 0.610. The van der Waals surface area contributed by atoms with Gasteiger partial charge >= 0.3 is 0 Å². The lowest BCUT2D eigenvalue weighted by molar-refractivity contribution is 0.485. The van der Waals surface area contributed by atoms with Crippen LogP contribution in [0.1, 0.15) is 44.6 Å². The Balaban J connectivity index is 2.26. The molecule has 0 bridgehead atoms. The van der Waals surface area contributed by atoms with Crippen LogP contribution < -0.4 is 5.32 Å². The molecule has 90 valence electrons. The van der Waals surface area contributed by atoms with Crippen LogP contribution in [-0.4, -0.2) is 18.1 Å². The van der Waals surface area contributed by atoms with E-state index < -0.39 is 0 Å². The summed E-state index contributed by atoms with van der Waals surface area (Å²) in [5.41, 5.74) is 1.38. The van der Waals surface area contributed by atoms with Crippen molar-refractivity contribution in [1.82, 2.24) is 10.3 Å². The van der Waals surface area contributed by atoms with Gasteiger partial charge in [0.05, 0.1) is 0 Å². The zero-order chi connectivity index (χ0) is 11.6. The van der Waals surface area contributed by atoms with Crippen molar-refractivity contribution in [3.8, 4) is 0 Å². The highest BCUT2D eigenvalue weighted by Crippen LogP contribution is 2.09. The molecule has 1 atom stereocenters. The maximum absolute atomic E-state index is 4.04. The number of unbranched alkanes of at least 4 members (excludes halogenated alkanes) is 3. The van der Waals surface area contributed by atoms with Crippen LogP contribution in [0.2, 0.25) is 0 Å². The first kappa shape index (κ1) is 13.2. The van der Waals surface area contributed by atoms with E-state index >= 15 is 0 Å². The minimum absolute atomic E-state index is 0.610. The molecule has 0 aromatic carbocycles. The summed E-state index contributed by atoms with van der Waals surface area (Å²) in [4.78, 5) is 4.04. The Morgan fingerprint density at radius 1 is 1.19 bits per heavy atom. The fourth-order valence-electron chi connectivity index (χ4n) is 1.97. The Kier molecular flexibility index (Phi) is 6.82. The second-order valence-corrected chi connectivity index (χ2v) is 4.39. The van der Waals surface area contributed by atoms with Crippen molar-refractivity contribution < 1.29 is 0 Å². The highest BCUT2D eigenvalue weighted by Gasteiger charge is 2.06. The van der Waals surface area contributed by atoms with Gasteiger partial charge in [-0.2, -0.15) is 0 Å². The van der Waals surface area contributed by atoms with Crippen LogP contribution in [-0.2, 0) is 6.42 Å². The molecule has 0 spiro atoms. The van der Waals surface area contributed by atoms with Crippen molar-refractivity contribution in [2.75, 3.05) is 7.05 Å². The summed E-state index contributed by atoms with van der Waals surface area (Å²) < 4.78 is 0. The molecule has 0 radical (unpaired) electrons. The van der Waals surface area contributed by atoms with Crippen LogP contribution in [0.5, 0.6) is 0 Å². The number of pyridine rings is 1. The lowest BCUT2D eigenvalue weighted by Gasteiger charge is -2.15. The number of hydrogen-bond donors (Lipinski definition) is 1. The monoisotopic (exact) mass is 220 g/mol. The molecule has 2 heteroatoms. The Hall–Kier alpha value is -0.890. The zero-order valence-corrected chi connectivity index (χ0v) is 10.6. The van der Waals surface area contributed by atoms with Crippen LogP contribution in [0.3, 0.4) is 0 Å². The van der Waals surface area contributed by atoms with E-state index in [-0.39, 0.29) is 0 Å². The lowest BCUT2D eigenvalue weighted by atomic mass is 10.0. The molecule has 0 aliphatic carbocycles. The van der Waals surface area contributed by atoms with E-state index in [9.17, 15) is 0 Å². The van der Waals surface area contributed by atoms with Crippen LogP contribution in [0.4, 0.5) is 0 Å². The first-order chi connectivity index (χ1) is 7.86. The normalized spacial score (nSPS) is 12.6. The molecular weight excluding hydrogens is 196 g/mol. The maximum Gasteiger partial charge on any atom is 0.0270 e. The molecule has 0 amide bonds. The summed E-state index contributed by atoms with van der Waals surface area (Å²) in [6.45, 7) is 2.26. The van der Waals surface area contributed by atoms with Crippen molar-refractivity contribution >= 4 is 0 Å².